The summed E-state index contributed by atoms with van der Waals surface area (Å²) in [5.41, 5.74) is 5.93. The molecule has 0 saturated heterocycles. The van der Waals surface area contributed by atoms with E-state index < -0.39 is 0 Å². The van der Waals surface area contributed by atoms with E-state index in [2.05, 4.69) is 26.7 Å². The Kier molecular flexibility index (Phi) is 4.69. The van der Waals surface area contributed by atoms with Crippen LogP contribution in [0.25, 0.3) is 11.1 Å². The highest BCUT2D eigenvalue weighted by Crippen LogP contribution is 2.35. The van der Waals surface area contributed by atoms with Gasteiger partial charge in [-0.15, -0.1) is 0 Å². The maximum Gasteiger partial charge on any atom is 0.229 e. The van der Waals surface area contributed by atoms with Crippen molar-refractivity contribution in [3.63, 3.8) is 0 Å². The SMILES string of the molecule is CNc1cc(C)nc(Nc2ccc(OC)c(-c3ccc4c(c3)CC(=O)C4)c2)n1. The van der Waals surface area contributed by atoms with E-state index in [4.69, 9.17) is 4.74 Å². The highest BCUT2D eigenvalue weighted by Gasteiger charge is 2.19. The average Bonchev–Trinajstić information content (AvgIpc) is 3.06. The number of rotatable bonds is 5. The largest absolute Gasteiger partial charge is 0.496 e. The summed E-state index contributed by atoms with van der Waals surface area (Å²) in [5, 5.41) is 6.31. The third-order valence-corrected chi connectivity index (χ3v) is 4.86. The van der Waals surface area contributed by atoms with E-state index in [0.29, 0.717) is 18.8 Å². The van der Waals surface area contributed by atoms with Gasteiger partial charge in [-0.3, -0.25) is 4.79 Å². The highest BCUT2D eigenvalue weighted by atomic mass is 16.5. The third-order valence-electron chi connectivity index (χ3n) is 4.86. The second-order valence-corrected chi connectivity index (χ2v) is 6.88. The number of benzene rings is 2. The minimum atomic E-state index is 0.270. The summed E-state index contributed by atoms with van der Waals surface area (Å²) in [6.07, 6.45) is 1.04. The number of hydrogen-bond acceptors (Lipinski definition) is 6. The zero-order chi connectivity index (χ0) is 19.7. The van der Waals surface area contributed by atoms with Crippen LogP contribution in [0.4, 0.5) is 17.5 Å². The number of anilines is 3. The predicted molar refractivity (Wildman–Crippen MR) is 110 cm³/mol. The van der Waals surface area contributed by atoms with Gasteiger partial charge in [0, 0.05) is 42.9 Å². The van der Waals surface area contributed by atoms with Gasteiger partial charge < -0.3 is 15.4 Å². The predicted octanol–water partition coefficient (Wildman–Crippen LogP) is 3.91. The zero-order valence-corrected chi connectivity index (χ0v) is 16.2. The molecule has 0 aliphatic heterocycles. The van der Waals surface area contributed by atoms with Crippen LogP contribution < -0.4 is 15.4 Å². The van der Waals surface area contributed by atoms with Crippen molar-refractivity contribution in [2.24, 2.45) is 0 Å². The number of carbonyl (C=O) groups is 1. The number of fused-ring (bicyclic) bond motifs is 1. The van der Waals surface area contributed by atoms with Crippen LogP contribution in [0, 0.1) is 6.92 Å². The summed E-state index contributed by atoms with van der Waals surface area (Å²) in [6.45, 7) is 1.93. The Morgan fingerprint density at radius 2 is 1.82 bits per heavy atom. The highest BCUT2D eigenvalue weighted by molar-refractivity contribution is 5.89. The normalized spacial score (nSPS) is 12.6. The van der Waals surface area contributed by atoms with E-state index >= 15 is 0 Å². The van der Waals surface area contributed by atoms with Gasteiger partial charge in [0.1, 0.15) is 17.4 Å². The summed E-state index contributed by atoms with van der Waals surface area (Å²) < 4.78 is 5.57. The Morgan fingerprint density at radius 3 is 2.61 bits per heavy atom. The number of ether oxygens (including phenoxy) is 1. The molecule has 6 heteroatoms. The smallest absolute Gasteiger partial charge is 0.229 e. The van der Waals surface area contributed by atoms with Crippen molar-refractivity contribution < 1.29 is 9.53 Å². The number of hydrogen-bond donors (Lipinski definition) is 2. The van der Waals surface area contributed by atoms with E-state index in [0.717, 1.165) is 45.2 Å². The maximum absolute atomic E-state index is 11.8. The number of aryl methyl sites for hydroxylation is 1. The molecule has 1 heterocycles. The van der Waals surface area contributed by atoms with Crippen LogP contribution in [0.5, 0.6) is 5.75 Å². The van der Waals surface area contributed by atoms with Crippen LogP contribution in [0.15, 0.2) is 42.5 Å². The first-order chi connectivity index (χ1) is 13.6. The van der Waals surface area contributed by atoms with Crippen LogP contribution in [-0.2, 0) is 17.6 Å². The zero-order valence-electron chi connectivity index (χ0n) is 16.2. The minimum Gasteiger partial charge on any atom is -0.496 e. The molecule has 0 amide bonds. The van der Waals surface area contributed by atoms with Gasteiger partial charge in [0.15, 0.2) is 0 Å². The number of nitrogens with zero attached hydrogens (tertiary/aromatic N) is 2. The van der Waals surface area contributed by atoms with E-state index in [-0.39, 0.29) is 5.78 Å². The fourth-order valence-corrected chi connectivity index (χ4v) is 3.51. The fourth-order valence-electron chi connectivity index (χ4n) is 3.51. The van der Waals surface area contributed by atoms with Crippen molar-refractivity contribution in [3.05, 3.63) is 59.3 Å². The first-order valence-corrected chi connectivity index (χ1v) is 9.18. The molecule has 0 saturated carbocycles. The molecule has 4 rings (SSSR count). The molecule has 0 fully saturated rings. The molecule has 1 aromatic heterocycles. The Balaban J connectivity index is 1.70. The molecule has 3 aromatic rings. The molecule has 0 radical (unpaired) electrons. The van der Waals surface area contributed by atoms with Crippen molar-refractivity contribution in [3.8, 4) is 16.9 Å². The molecule has 1 aliphatic carbocycles. The van der Waals surface area contributed by atoms with Gasteiger partial charge in [0.05, 0.1) is 7.11 Å². The molecule has 0 bridgehead atoms. The van der Waals surface area contributed by atoms with Gasteiger partial charge in [-0.2, -0.15) is 4.98 Å². The number of Topliss-reactive ketones (excluding diaryl/α,β-unsaturated/α-hetero) is 1. The average molecular weight is 374 g/mol. The second kappa shape index (κ2) is 7.31. The van der Waals surface area contributed by atoms with Gasteiger partial charge in [0.2, 0.25) is 5.95 Å². The second-order valence-electron chi connectivity index (χ2n) is 6.88. The lowest BCUT2D eigenvalue weighted by Crippen LogP contribution is -2.02. The Hall–Kier alpha value is -3.41. The van der Waals surface area contributed by atoms with Crippen molar-refractivity contribution in [1.82, 2.24) is 9.97 Å². The van der Waals surface area contributed by atoms with E-state index in [1.54, 1.807) is 7.11 Å². The summed E-state index contributed by atoms with van der Waals surface area (Å²) in [5.74, 6) is 2.33. The molecular formula is C22H22N4O2. The molecule has 0 spiro atoms. The van der Waals surface area contributed by atoms with Crippen LogP contribution in [0.2, 0.25) is 0 Å². The van der Waals surface area contributed by atoms with Crippen LogP contribution in [0.3, 0.4) is 0 Å². The standard InChI is InChI=1S/C22H22N4O2/c1-13-8-21(23-2)26-22(24-13)25-17-6-7-20(28-3)19(12-17)15-5-4-14-10-18(27)11-16(14)9-15/h4-9,12H,10-11H2,1-3H3,(H2,23,24,25,26). The van der Waals surface area contributed by atoms with Gasteiger partial charge in [-0.25, -0.2) is 4.98 Å². The first-order valence-electron chi connectivity index (χ1n) is 9.18. The molecule has 0 atom stereocenters. The van der Waals surface area contributed by atoms with E-state index in [1.165, 1.54) is 0 Å². The lowest BCUT2D eigenvalue weighted by molar-refractivity contribution is -0.117. The lowest BCUT2D eigenvalue weighted by atomic mass is 9.99. The topological polar surface area (TPSA) is 76.1 Å². The fraction of sp³-hybridized carbons (Fsp3) is 0.227. The van der Waals surface area contributed by atoms with Gasteiger partial charge in [-0.05, 0) is 41.8 Å². The summed E-state index contributed by atoms with van der Waals surface area (Å²) >= 11 is 0. The van der Waals surface area contributed by atoms with Crippen molar-refractivity contribution in [2.45, 2.75) is 19.8 Å². The quantitative estimate of drug-likeness (QED) is 0.705. The molecule has 142 valence electrons. The summed E-state index contributed by atoms with van der Waals surface area (Å²) in [7, 11) is 3.49. The monoisotopic (exact) mass is 374 g/mol. The first kappa shape index (κ1) is 18.0. The van der Waals surface area contributed by atoms with Gasteiger partial charge in [-0.1, -0.05) is 18.2 Å². The molecule has 2 N–H and O–H groups in total. The molecule has 28 heavy (non-hydrogen) atoms. The summed E-state index contributed by atoms with van der Waals surface area (Å²) in [4.78, 5) is 20.6. The van der Waals surface area contributed by atoms with Crippen LogP contribution in [0.1, 0.15) is 16.8 Å². The van der Waals surface area contributed by atoms with Crippen molar-refractivity contribution in [1.29, 1.82) is 0 Å². The minimum absolute atomic E-state index is 0.270. The van der Waals surface area contributed by atoms with Gasteiger partial charge >= 0.3 is 0 Å². The van der Waals surface area contributed by atoms with Crippen molar-refractivity contribution >= 4 is 23.2 Å². The van der Waals surface area contributed by atoms with E-state index in [1.807, 2.05) is 50.4 Å². The Morgan fingerprint density at radius 1 is 1.00 bits per heavy atom. The number of carbonyl (C=O) groups excluding carboxylic acids is 1. The number of nitrogens with one attached hydrogen (secondary N) is 2. The number of methoxy groups -OCH3 is 1. The van der Waals surface area contributed by atoms with Crippen LogP contribution in [-0.4, -0.2) is 29.9 Å². The number of aromatic nitrogens is 2. The van der Waals surface area contributed by atoms with Gasteiger partial charge in [0.25, 0.3) is 0 Å². The Bertz CT molecular complexity index is 1060. The summed E-state index contributed by atoms with van der Waals surface area (Å²) in [6, 6.07) is 13.9. The third kappa shape index (κ3) is 3.53. The van der Waals surface area contributed by atoms with Crippen LogP contribution >= 0.6 is 0 Å². The Labute approximate surface area is 164 Å². The molecule has 2 aromatic carbocycles. The number of ketones is 1. The molecule has 0 unspecified atom stereocenters. The van der Waals surface area contributed by atoms with Crippen molar-refractivity contribution in [2.75, 3.05) is 24.8 Å². The molecular weight excluding hydrogens is 352 g/mol. The molecule has 1 aliphatic rings. The maximum atomic E-state index is 11.8. The lowest BCUT2D eigenvalue weighted by Gasteiger charge is -2.13. The molecule has 6 nitrogen and oxygen atoms in total. The van der Waals surface area contributed by atoms with E-state index in [9.17, 15) is 4.79 Å².